The second-order valence-electron chi connectivity index (χ2n) is 6.66. The van der Waals surface area contributed by atoms with Crippen LogP contribution in [-0.4, -0.2) is 41.5 Å². The van der Waals surface area contributed by atoms with E-state index in [1.807, 2.05) is 44.4 Å². The average Bonchev–Trinajstić information content (AvgIpc) is 2.55. The highest BCUT2D eigenvalue weighted by Crippen LogP contribution is 2.27. The number of nitrogens with zero attached hydrogens (tertiary/aromatic N) is 1. The molecule has 144 valence electrons. The Morgan fingerprint density at radius 3 is 1.96 bits per heavy atom. The Morgan fingerprint density at radius 2 is 1.62 bits per heavy atom. The van der Waals surface area contributed by atoms with Gasteiger partial charge in [-0.3, -0.25) is 4.48 Å². The summed E-state index contributed by atoms with van der Waals surface area (Å²) in [6.45, 7) is 11.9. The van der Waals surface area contributed by atoms with Crippen molar-refractivity contribution in [2.45, 2.75) is 39.6 Å². The number of aliphatic carboxylic acids is 1. The molecule has 6 nitrogen and oxygen atoms in total. The number of esters is 1. The van der Waals surface area contributed by atoms with E-state index in [4.69, 9.17) is 4.74 Å². The summed E-state index contributed by atoms with van der Waals surface area (Å²) in [5.74, 6) is -3.34. The summed E-state index contributed by atoms with van der Waals surface area (Å²) in [6.07, 6.45) is 0.297. The second-order valence-corrected chi connectivity index (χ2v) is 6.66. The Morgan fingerprint density at radius 1 is 1.15 bits per heavy atom. The van der Waals surface area contributed by atoms with Crippen LogP contribution >= 0.6 is 0 Å². The summed E-state index contributed by atoms with van der Waals surface area (Å²) in [4.78, 5) is 21.2. The molecule has 0 radical (unpaired) electrons. The van der Waals surface area contributed by atoms with Crippen LogP contribution in [0.4, 0.5) is 0 Å². The lowest BCUT2D eigenvalue weighted by atomic mass is 10.1. The lowest BCUT2D eigenvalue weighted by Gasteiger charge is -2.42. The quantitative estimate of drug-likeness (QED) is 0.345. The maximum absolute atomic E-state index is 11.7. The zero-order valence-corrected chi connectivity index (χ0v) is 16.2. The lowest BCUT2D eigenvalue weighted by molar-refractivity contribution is -1.00. The third-order valence-electron chi connectivity index (χ3n) is 3.78. The van der Waals surface area contributed by atoms with Crippen molar-refractivity contribution in [2.24, 2.45) is 0 Å². The highest BCUT2D eigenvalue weighted by atomic mass is 16.7. The van der Waals surface area contributed by atoms with Gasteiger partial charge in [-0.1, -0.05) is 50.4 Å². The topological polar surface area (TPSA) is 86.7 Å². The molecule has 1 N–H and O–H groups in total. The van der Waals surface area contributed by atoms with E-state index >= 15 is 0 Å². The molecule has 0 heterocycles. The summed E-state index contributed by atoms with van der Waals surface area (Å²) < 4.78 is 5.41. The first-order valence-corrected chi connectivity index (χ1v) is 8.21. The number of rotatable bonds is 7. The molecule has 0 fully saturated rings. The first-order valence-electron chi connectivity index (χ1n) is 8.21. The number of hydrogen-bond acceptors (Lipinski definition) is 5. The molecular formula is C20H29NO5. The van der Waals surface area contributed by atoms with Crippen LogP contribution in [0.25, 0.3) is 0 Å². The van der Waals surface area contributed by atoms with Gasteiger partial charge < -0.3 is 19.7 Å². The predicted octanol–water partition coefficient (Wildman–Crippen LogP) is 1.75. The summed E-state index contributed by atoms with van der Waals surface area (Å²) >= 11 is 0. The minimum Gasteiger partial charge on any atom is -0.545 e. The molecule has 0 aliphatic rings. The van der Waals surface area contributed by atoms with Crippen molar-refractivity contribution in [1.29, 1.82) is 0 Å². The summed E-state index contributed by atoms with van der Waals surface area (Å²) in [7, 11) is 3.67. The molecule has 6 heteroatoms. The minimum atomic E-state index is -1.58. The molecular weight excluding hydrogens is 334 g/mol. The SMILES string of the molecule is C=C(C)C(=O)OC(O)(CC)[N+](C)(C)Cc1ccccc1.C=C(C)C(=O)[O-]. The molecule has 1 aromatic rings. The van der Waals surface area contributed by atoms with Crippen molar-refractivity contribution >= 4 is 11.9 Å². The Bertz CT molecular complexity index is 639. The van der Waals surface area contributed by atoms with Crippen molar-refractivity contribution in [3.05, 3.63) is 60.2 Å². The van der Waals surface area contributed by atoms with E-state index in [1.165, 1.54) is 6.92 Å². The van der Waals surface area contributed by atoms with E-state index in [0.717, 1.165) is 5.56 Å². The number of quaternary nitrogens is 1. The molecule has 0 saturated heterocycles. The van der Waals surface area contributed by atoms with Crippen molar-refractivity contribution in [3.8, 4) is 0 Å². The zero-order chi connectivity index (χ0) is 20.5. The van der Waals surface area contributed by atoms with Crippen LogP contribution in [0.2, 0.25) is 0 Å². The van der Waals surface area contributed by atoms with Gasteiger partial charge in [0, 0.05) is 11.1 Å². The van der Waals surface area contributed by atoms with Crippen LogP contribution in [0.5, 0.6) is 0 Å². The van der Waals surface area contributed by atoms with E-state index in [1.54, 1.807) is 13.8 Å². The van der Waals surface area contributed by atoms with E-state index in [-0.39, 0.29) is 15.6 Å². The van der Waals surface area contributed by atoms with Gasteiger partial charge in [0.2, 0.25) is 0 Å². The van der Waals surface area contributed by atoms with Gasteiger partial charge in [0.05, 0.1) is 26.5 Å². The normalized spacial score (nSPS) is 12.8. The predicted molar refractivity (Wildman–Crippen MR) is 98.2 cm³/mol. The molecule has 1 rings (SSSR count). The molecule has 26 heavy (non-hydrogen) atoms. The van der Waals surface area contributed by atoms with Crippen molar-refractivity contribution in [3.63, 3.8) is 0 Å². The largest absolute Gasteiger partial charge is 0.545 e. The molecule has 1 atom stereocenters. The van der Waals surface area contributed by atoms with E-state index in [2.05, 4.69) is 13.2 Å². The van der Waals surface area contributed by atoms with Crippen LogP contribution in [0.15, 0.2) is 54.6 Å². The van der Waals surface area contributed by atoms with Crippen LogP contribution in [-0.2, 0) is 20.9 Å². The molecule has 1 unspecified atom stereocenters. The Hall–Kier alpha value is -2.44. The number of ether oxygens (including phenoxy) is 1. The molecule has 0 bridgehead atoms. The smallest absolute Gasteiger partial charge is 0.360 e. The second kappa shape index (κ2) is 9.89. The van der Waals surface area contributed by atoms with Gasteiger partial charge in [-0.25, -0.2) is 4.79 Å². The van der Waals surface area contributed by atoms with Gasteiger partial charge in [0.25, 0.3) is 0 Å². The summed E-state index contributed by atoms with van der Waals surface area (Å²) in [5.41, 5.74) is 1.40. The Labute approximate surface area is 155 Å². The van der Waals surface area contributed by atoms with Crippen LogP contribution in [0, 0.1) is 0 Å². The molecule has 1 aromatic carbocycles. The van der Waals surface area contributed by atoms with Gasteiger partial charge in [-0.05, 0) is 19.4 Å². The summed E-state index contributed by atoms with van der Waals surface area (Å²) in [6, 6.07) is 9.80. The maximum atomic E-state index is 11.7. The van der Waals surface area contributed by atoms with Crippen LogP contribution < -0.4 is 5.11 Å². The lowest BCUT2D eigenvalue weighted by Crippen LogP contribution is -2.61. The van der Waals surface area contributed by atoms with Gasteiger partial charge in [-0.15, -0.1) is 0 Å². The van der Waals surface area contributed by atoms with Crippen molar-refractivity contribution < 1.29 is 29.0 Å². The van der Waals surface area contributed by atoms with Gasteiger partial charge in [0.1, 0.15) is 6.54 Å². The van der Waals surface area contributed by atoms with Gasteiger partial charge >= 0.3 is 11.9 Å². The van der Waals surface area contributed by atoms with Crippen molar-refractivity contribution in [2.75, 3.05) is 14.1 Å². The molecule has 0 amide bonds. The van der Waals surface area contributed by atoms with Gasteiger partial charge in [0.15, 0.2) is 0 Å². The van der Waals surface area contributed by atoms with E-state index in [0.29, 0.717) is 13.0 Å². The highest BCUT2D eigenvalue weighted by Gasteiger charge is 2.46. The van der Waals surface area contributed by atoms with Crippen molar-refractivity contribution in [1.82, 2.24) is 0 Å². The number of carboxylic acid groups (broad SMARTS) is 1. The number of hydrogen-bond donors (Lipinski definition) is 1. The third kappa shape index (κ3) is 7.21. The number of benzene rings is 1. The molecule has 0 aliphatic heterocycles. The first-order chi connectivity index (χ1) is 11.9. The van der Waals surface area contributed by atoms with E-state index < -0.39 is 17.8 Å². The molecule has 0 aromatic heterocycles. The number of carboxylic acids is 1. The zero-order valence-electron chi connectivity index (χ0n) is 16.2. The maximum Gasteiger partial charge on any atom is 0.360 e. The van der Waals surface area contributed by atoms with Crippen LogP contribution in [0.1, 0.15) is 32.8 Å². The number of carbonyl (C=O) groups excluding carboxylic acids is 2. The fourth-order valence-electron chi connectivity index (χ4n) is 2.02. The highest BCUT2D eigenvalue weighted by molar-refractivity contribution is 5.87. The standard InChI is InChI=1S/C16H24NO3.C4H6O2/c1-6-16(19,20-15(18)13(2)3)17(4,5)12-14-10-8-7-9-11-14;1-3(2)4(5)6/h7-11,19H,2,6,12H2,1,3-5H3;1H2,2H3,(H,5,6)/q+1;/p-1. The molecule has 0 saturated carbocycles. The number of aliphatic hydroxyl groups is 1. The van der Waals surface area contributed by atoms with E-state index in [9.17, 15) is 19.8 Å². The third-order valence-corrected chi connectivity index (χ3v) is 3.78. The summed E-state index contributed by atoms with van der Waals surface area (Å²) in [5, 5.41) is 20.2. The van der Waals surface area contributed by atoms with Gasteiger partial charge in [-0.2, -0.15) is 0 Å². The average molecular weight is 363 g/mol. The Kier molecular flexibility index (Phi) is 8.96. The fraction of sp³-hybridized carbons (Fsp3) is 0.400. The minimum absolute atomic E-state index is 0.0648. The Balaban J connectivity index is 0.000000896. The van der Waals surface area contributed by atoms with Crippen LogP contribution in [0.3, 0.4) is 0 Å². The fourth-order valence-corrected chi connectivity index (χ4v) is 2.02. The molecule has 0 aliphatic carbocycles. The first kappa shape index (κ1) is 23.6. The number of carbonyl (C=O) groups is 2. The molecule has 0 spiro atoms. The monoisotopic (exact) mass is 363 g/mol.